The molecule has 1 amide bonds. The van der Waals surface area contributed by atoms with Crippen molar-refractivity contribution in [2.45, 2.75) is 39.3 Å². The molecule has 0 saturated heterocycles. The molecule has 3 aromatic rings. The van der Waals surface area contributed by atoms with Crippen LogP contribution >= 0.6 is 0 Å². The van der Waals surface area contributed by atoms with Gasteiger partial charge in [0.05, 0.1) is 7.11 Å². The van der Waals surface area contributed by atoms with Crippen molar-refractivity contribution in [2.75, 3.05) is 7.11 Å². The zero-order chi connectivity index (χ0) is 23.5. The summed E-state index contributed by atoms with van der Waals surface area (Å²) >= 11 is 0. The summed E-state index contributed by atoms with van der Waals surface area (Å²) in [7, 11) is 1.58. The molecule has 8 nitrogen and oxygen atoms in total. The minimum Gasteiger partial charge on any atom is -0.497 e. The van der Waals surface area contributed by atoms with Gasteiger partial charge < -0.3 is 23.9 Å². The van der Waals surface area contributed by atoms with Crippen LogP contribution in [0.25, 0.3) is 22.1 Å². The zero-order valence-corrected chi connectivity index (χ0v) is 18.6. The number of methoxy groups -OCH3 is 1. The summed E-state index contributed by atoms with van der Waals surface area (Å²) in [5.41, 5.74) is 0.527. The lowest BCUT2D eigenvalue weighted by Gasteiger charge is -2.21. The Morgan fingerprint density at radius 2 is 1.66 bits per heavy atom. The van der Waals surface area contributed by atoms with Crippen molar-refractivity contribution >= 4 is 23.0 Å². The second-order valence-electron chi connectivity index (χ2n) is 8.15. The number of carbonyl (C=O) groups excluding carboxylic acids is 2. The molecule has 0 radical (unpaired) electrons. The lowest BCUT2D eigenvalue weighted by Crippen LogP contribution is -2.43. The van der Waals surface area contributed by atoms with E-state index in [9.17, 15) is 14.4 Å². The monoisotopic (exact) mass is 439 g/mol. The maximum atomic E-state index is 12.4. The number of nitrogens with one attached hydrogen (secondary N) is 1. The summed E-state index contributed by atoms with van der Waals surface area (Å²) in [4.78, 5) is 36.3. The maximum absolute atomic E-state index is 12.4. The van der Waals surface area contributed by atoms with Crippen LogP contribution in [0.4, 0.5) is 4.79 Å². The van der Waals surface area contributed by atoms with Gasteiger partial charge in [-0.15, -0.1) is 0 Å². The molecule has 168 valence electrons. The number of esters is 1. The van der Waals surface area contributed by atoms with Gasteiger partial charge in [-0.05, 0) is 63.1 Å². The fourth-order valence-electron chi connectivity index (χ4n) is 2.96. The highest BCUT2D eigenvalue weighted by atomic mass is 16.6. The van der Waals surface area contributed by atoms with Gasteiger partial charge in [-0.3, -0.25) is 0 Å². The van der Waals surface area contributed by atoms with Gasteiger partial charge in [0.25, 0.3) is 0 Å². The molecule has 0 aliphatic rings. The van der Waals surface area contributed by atoms with Crippen LogP contribution in [-0.2, 0) is 9.53 Å². The first-order chi connectivity index (χ1) is 15.1. The first kappa shape index (κ1) is 22.9. The van der Waals surface area contributed by atoms with Crippen molar-refractivity contribution in [3.63, 3.8) is 0 Å². The van der Waals surface area contributed by atoms with E-state index in [1.165, 1.54) is 19.1 Å². The quantitative estimate of drug-likeness (QED) is 0.359. The summed E-state index contributed by atoms with van der Waals surface area (Å²) in [5.74, 6) is 0.184. The number of rotatable bonds is 5. The van der Waals surface area contributed by atoms with Crippen molar-refractivity contribution in [3.05, 3.63) is 59.0 Å². The fourth-order valence-corrected chi connectivity index (χ4v) is 2.96. The van der Waals surface area contributed by atoms with Crippen LogP contribution in [0, 0.1) is 0 Å². The Kier molecular flexibility index (Phi) is 6.53. The van der Waals surface area contributed by atoms with Gasteiger partial charge in [0.1, 0.15) is 28.7 Å². The van der Waals surface area contributed by atoms with E-state index in [1.807, 2.05) is 12.1 Å². The molecule has 32 heavy (non-hydrogen) atoms. The van der Waals surface area contributed by atoms with Crippen molar-refractivity contribution < 1.29 is 28.2 Å². The number of amides is 1. The Balaban J connectivity index is 1.81. The van der Waals surface area contributed by atoms with Gasteiger partial charge in [-0.25, -0.2) is 14.4 Å². The number of alkyl carbamates (subject to hydrolysis) is 1. The molecule has 1 unspecified atom stereocenters. The van der Waals surface area contributed by atoms with Crippen LogP contribution in [0.15, 0.2) is 57.7 Å². The lowest BCUT2D eigenvalue weighted by atomic mass is 10.0. The molecule has 1 aromatic heterocycles. The standard InChI is InChI=1S/C24H25NO7/c1-14(25-23(28)32-24(2,3)4)22(27)30-17-10-11-18-19(13-21(26)31-20(18)12-17)15-6-8-16(29-5)9-7-15/h6-14H,1-5H3,(H,25,28). The molecular formula is C24H25NO7. The third-order valence-corrected chi connectivity index (χ3v) is 4.42. The van der Waals surface area contributed by atoms with E-state index >= 15 is 0 Å². The molecule has 2 aromatic carbocycles. The van der Waals surface area contributed by atoms with E-state index in [1.54, 1.807) is 52.1 Å². The SMILES string of the molecule is COc1ccc(-c2cc(=O)oc3cc(OC(=O)C(C)NC(=O)OC(C)(C)C)ccc23)cc1. The third kappa shape index (κ3) is 5.66. The smallest absolute Gasteiger partial charge is 0.408 e. The highest BCUT2D eigenvalue weighted by molar-refractivity contribution is 5.94. The number of hydrogen-bond donors (Lipinski definition) is 1. The molecule has 1 atom stereocenters. The van der Waals surface area contributed by atoms with Crippen molar-refractivity contribution in [1.82, 2.24) is 5.32 Å². The van der Waals surface area contributed by atoms with Gasteiger partial charge >= 0.3 is 17.7 Å². The number of benzene rings is 2. The molecule has 1 N–H and O–H groups in total. The topological polar surface area (TPSA) is 104 Å². The summed E-state index contributed by atoms with van der Waals surface area (Å²) in [5, 5.41) is 3.10. The first-order valence-electron chi connectivity index (χ1n) is 9.99. The molecule has 0 fully saturated rings. The Bertz CT molecular complexity index is 1190. The number of fused-ring (bicyclic) bond motifs is 1. The molecule has 0 bridgehead atoms. The van der Waals surface area contributed by atoms with Gasteiger partial charge in [0.2, 0.25) is 0 Å². The Morgan fingerprint density at radius 3 is 2.28 bits per heavy atom. The number of hydrogen-bond acceptors (Lipinski definition) is 7. The Hall–Kier alpha value is -3.81. The van der Waals surface area contributed by atoms with Crippen LogP contribution in [0.3, 0.4) is 0 Å². The predicted molar refractivity (Wildman–Crippen MR) is 119 cm³/mol. The van der Waals surface area contributed by atoms with Crippen molar-refractivity contribution in [3.8, 4) is 22.6 Å². The average Bonchev–Trinajstić information content (AvgIpc) is 2.71. The van der Waals surface area contributed by atoms with Gasteiger partial charge in [-0.1, -0.05) is 12.1 Å². The van der Waals surface area contributed by atoms with Crippen LogP contribution in [0.1, 0.15) is 27.7 Å². The van der Waals surface area contributed by atoms with E-state index in [2.05, 4.69) is 5.32 Å². The lowest BCUT2D eigenvalue weighted by molar-refractivity contribution is -0.136. The third-order valence-electron chi connectivity index (χ3n) is 4.42. The van der Waals surface area contributed by atoms with Gasteiger partial charge in [0.15, 0.2) is 0 Å². The van der Waals surface area contributed by atoms with E-state index in [4.69, 9.17) is 18.6 Å². The van der Waals surface area contributed by atoms with E-state index in [-0.39, 0.29) is 11.3 Å². The molecule has 0 aliphatic carbocycles. The summed E-state index contributed by atoms with van der Waals surface area (Å²) in [6.07, 6.45) is -0.726. The highest BCUT2D eigenvalue weighted by Crippen LogP contribution is 2.30. The second-order valence-corrected chi connectivity index (χ2v) is 8.15. The summed E-state index contributed by atoms with van der Waals surface area (Å²) < 4.78 is 21.0. The molecule has 0 aliphatic heterocycles. The van der Waals surface area contributed by atoms with E-state index in [0.29, 0.717) is 16.7 Å². The van der Waals surface area contributed by atoms with Crippen LogP contribution < -0.4 is 20.4 Å². The summed E-state index contributed by atoms with van der Waals surface area (Å²) in [6.45, 7) is 6.64. The maximum Gasteiger partial charge on any atom is 0.408 e. The van der Waals surface area contributed by atoms with Gasteiger partial charge in [0, 0.05) is 17.5 Å². The number of carbonyl (C=O) groups is 2. The van der Waals surface area contributed by atoms with Gasteiger partial charge in [-0.2, -0.15) is 0 Å². The molecule has 8 heteroatoms. The Labute approximate surface area is 185 Å². The molecule has 3 rings (SSSR count). The van der Waals surface area contributed by atoms with E-state index in [0.717, 1.165) is 5.56 Å². The summed E-state index contributed by atoms with van der Waals surface area (Å²) in [6, 6.07) is 12.5. The number of ether oxygens (including phenoxy) is 3. The minimum atomic E-state index is -0.946. The van der Waals surface area contributed by atoms with Crippen LogP contribution in [0.2, 0.25) is 0 Å². The molecule has 1 heterocycles. The molecular weight excluding hydrogens is 414 g/mol. The Morgan fingerprint density at radius 1 is 1.00 bits per heavy atom. The predicted octanol–water partition coefficient (Wildman–Crippen LogP) is 4.29. The average molecular weight is 439 g/mol. The van der Waals surface area contributed by atoms with Crippen molar-refractivity contribution in [2.24, 2.45) is 0 Å². The fraction of sp³-hybridized carbons (Fsp3) is 0.292. The van der Waals surface area contributed by atoms with Crippen LogP contribution in [-0.4, -0.2) is 30.8 Å². The first-order valence-corrected chi connectivity index (χ1v) is 9.99. The zero-order valence-electron chi connectivity index (χ0n) is 18.6. The van der Waals surface area contributed by atoms with Crippen molar-refractivity contribution in [1.29, 1.82) is 0 Å². The second kappa shape index (κ2) is 9.13. The molecule has 0 spiro atoms. The largest absolute Gasteiger partial charge is 0.497 e. The molecule has 0 saturated carbocycles. The minimum absolute atomic E-state index is 0.176. The van der Waals surface area contributed by atoms with E-state index < -0.39 is 29.3 Å². The van der Waals surface area contributed by atoms with Crippen LogP contribution in [0.5, 0.6) is 11.5 Å². The normalized spacial score (nSPS) is 12.2. The highest BCUT2D eigenvalue weighted by Gasteiger charge is 2.22.